The van der Waals surface area contributed by atoms with Gasteiger partial charge in [0.05, 0.1) is 10.0 Å². The van der Waals surface area contributed by atoms with E-state index in [9.17, 15) is 4.79 Å². The van der Waals surface area contributed by atoms with E-state index in [-0.39, 0.29) is 0 Å². The summed E-state index contributed by atoms with van der Waals surface area (Å²) in [6.45, 7) is 0.474. The fourth-order valence-electron chi connectivity index (χ4n) is 2.30. The molecule has 2 N–H and O–H groups in total. The van der Waals surface area contributed by atoms with Crippen LogP contribution in [0.1, 0.15) is 17.2 Å². The van der Waals surface area contributed by atoms with Gasteiger partial charge in [-0.15, -0.1) is 0 Å². The maximum Gasteiger partial charge on any atom is 0.239 e. The molecule has 1 amide bonds. The molecule has 0 saturated carbocycles. The molecule has 110 valence electrons. The highest BCUT2D eigenvalue weighted by atomic mass is 35.5. The molecule has 0 heterocycles. The van der Waals surface area contributed by atoms with Gasteiger partial charge in [-0.1, -0.05) is 65.7 Å². The zero-order chi connectivity index (χ0) is 15.4. The Morgan fingerprint density at radius 3 is 2.43 bits per heavy atom. The first-order valence-corrected chi connectivity index (χ1v) is 7.23. The summed E-state index contributed by atoms with van der Waals surface area (Å²) in [4.78, 5) is 13.7. The van der Waals surface area contributed by atoms with Crippen LogP contribution in [0.25, 0.3) is 0 Å². The van der Waals surface area contributed by atoms with E-state index in [0.717, 1.165) is 11.1 Å². The highest BCUT2D eigenvalue weighted by Crippen LogP contribution is 2.28. The lowest BCUT2D eigenvalue weighted by molar-refractivity contribution is -0.123. The number of halogens is 2. The van der Waals surface area contributed by atoms with Crippen LogP contribution in [-0.2, 0) is 11.3 Å². The van der Waals surface area contributed by atoms with Gasteiger partial charge in [0.25, 0.3) is 0 Å². The third-order valence-corrected chi connectivity index (χ3v) is 4.13. The number of nitrogens with two attached hydrogens (primary N) is 1. The molecule has 0 saturated heterocycles. The zero-order valence-electron chi connectivity index (χ0n) is 11.6. The van der Waals surface area contributed by atoms with Crippen molar-refractivity contribution in [2.45, 2.75) is 12.6 Å². The molecule has 0 aliphatic carbocycles. The summed E-state index contributed by atoms with van der Waals surface area (Å²) in [5.74, 6) is -0.401. The molecule has 2 rings (SSSR count). The molecule has 1 atom stereocenters. The van der Waals surface area contributed by atoms with E-state index in [1.807, 2.05) is 54.4 Å². The van der Waals surface area contributed by atoms with Crippen molar-refractivity contribution in [1.82, 2.24) is 4.90 Å². The number of hydrogen-bond acceptors (Lipinski definition) is 2. The first-order chi connectivity index (χ1) is 10.0. The molecule has 0 aliphatic rings. The number of rotatable bonds is 5. The SMILES string of the molecule is CN(Cc1cccc(Cl)c1Cl)C(C(N)=O)c1ccccc1. The van der Waals surface area contributed by atoms with E-state index < -0.39 is 11.9 Å². The van der Waals surface area contributed by atoms with Gasteiger partial charge >= 0.3 is 0 Å². The van der Waals surface area contributed by atoms with E-state index in [4.69, 9.17) is 28.9 Å². The van der Waals surface area contributed by atoms with Crippen molar-refractivity contribution in [2.24, 2.45) is 5.73 Å². The average Bonchev–Trinajstić information content (AvgIpc) is 2.45. The Morgan fingerprint density at radius 2 is 1.81 bits per heavy atom. The van der Waals surface area contributed by atoms with E-state index in [1.54, 1.807) is 6.07 Å². The number of benzene rings is 2. The molecule has 0 spiro atoms. The van der Waals surface area contributed by atoms with Gasteiger partial charge in [0.15, 0.2) is 0 Å². The number of carbonyl (C=O) groups excluding carboxylic acids is 1. The van der Waals surface area contributed by atoms with Crippen molar-refractivity contribution in [3.8, 4) is 0 Å². The summed E-state index contributed by atoms with van der Waals surface area (Å²) in [5, 5.41) is 1.00. The lowest BCUT2D eigenvalue weighted by Crippen LogP contribution is -2.35. The average molecular weight is 323 g/mol. The molecule has 0 aromatic heterocycles. The second-order valence-corrected chi connectivity index (χ2v) is 5.63. The minimum Gasteiger partial charge on any atom is -0.368 e. The van der Waals surface area contributed by atoms with E-state index >= 15 is 0 Å². The standard InChI is InChI=1S/C16H16Cl2N2O/c1-20(10-12-8-5-9-13(17)14(12)18)15(16(19)21)11-6-3-2-4-7-11/h2-9,15H,10H2,1H3,(H2,19,21). The van der Waals surface area contributed by atoms with Crippen LogP contribution >= 0.6 is 23.2 Å². The Labute approximate surface area is 134 Å². The summed E-state index contributed by atoms with van der Waals surface area (Å²) in [6, 6.07) is 14.4. The van der Waals surface area contributed by atoms with Gasteiger partial charge in [-0.25, -0.2) is 0 Å². The number of hydrogen-bond donors (Lipinski definition) is 1. The van der Waals surface area contributed by atoms with Gasteiger partial charge in [0, 0.05) is 6.54 Å². The number of nitrogens with zero attached hydrogens (tertiary/aromatic N) is 1. The van der Waals surface area contributed by atoms with Crippen molar-refractivity contribution >= 4 is 29.1 Å². The third kappa shape index (κ3) is 3.76. The molecule has 2 aromatic rings. The van der Waals surface area contributed by atoms with Gasteiger partial charge < -0.3 is 5.73 Å². The number of primary amides is 1. The lowest BCUT2D eigenvalue weighted by Gasteiger charge is -2.26. The normalized spacial score (nSPS) is 12.4. The Hall–Kier alpha value is -1.55. The van der Waals surface area contributed by atoms with E-state index in [0.29, 0.717) is 16.6 Å². The molecule has 0 radical (unpaired) electrons. The minimum absolute atomic E-state index is 0.401. The summed E-state index contributed by atoms with van der Waals surface area (Å²) in [7, 11) is 1.83. The maximum atomic E-state index is 11.8. The maximum absolute atomic E-state index is 11.8. The van der Waals surface area contributed by atoms with Crippen LogP contribution < -0.4 is 5.73 Å². The molecule has 5 heteroatoms. The number of carbonyl (C=O) groups is 1. The minimum atomic E-state index is -0.513. The second kappa shape index (κ2) is 6.94. The Morgan fingerprint density at radius 1 is 1.14 bits per heavy atom. The van der Waals surface area contributed by atoms with E-state index in [1.165, 1.54) is 0 Å². The zero-order valence-corrected chi connectivity index (χ0v) is 13.1. The smallest absolute Gasteiger partial charge is 0.239 e. The van der Waals surface area contributed by atoms with Gasteiger partial charge in [-0.2, -0.15) is 0 Å². The van der Waals surface area contributed by atoms with Crippen molar-refractivity contribution in [3.05, 3.63) is 69.7 Å². The predicted molar refractivity (Wildman–Crippen MR) is 86.3 cm³/mol. The largest absolute Gasteiger partial charge is 0.368 e. The fraction of sp³-hybridized carbons (Fsp3) is 0.188. The predicted octanol–water partition coefficient (Wildman–Crippen LogP) is 3.65. The highest BCUT2D eigenvalue weighted by molar-refractivity contribution is 6.42. The summed E-state index contributed by atoms with van der Waals surface area (Å²) in [6.07, 6.45) is 0. The molecule has 0 bridgehead atoms. The molecule has 1 unspecified atom stereocenters. The van der Waals surface area contributed by atoms with Crippen LogP contribution in [0.3, 0.4) is 0 Å². The van der Waals surface area contributed by atoms with E-state index in [2.05, 4.69) is 0 Å². The summed E-state index contributed by atoms with van der Waals surface area (Å²) in [5.41, 5.74) is 7.26. The van der Waals surface area contributed by atoms with Crippen LogP contribution in [0.2, 0.25) is 10.0 Å². The second-order valence-electron chi connectivity index (χ2n) is 4.84. The van der Waals surface area contributed by atoms with Crippen LogP contribution in [-0.4, -0.2) is 17.9 Å². The van der Waals surface area contributed by atoms with Crippen molar-refractivity contribution in [2.75, 3.05) is 7.05 Å². The molecule has 3 nitrogen and oxygen atoms in total. The first-order valence-electron chi connectivity index (χ1n) is 6.48. The van der Waals surface area contributed by atoms with Crippen molar-refractivity contribution in [1.29, 1.82) is 0 Å². The molecular weight excluding hydrogens is 307 g/mol. The van der Waals surface area contributed by atoms with Crippen LogP contribution in [0.5, 0.6) is 0 Å². The third-order valence-electron chi connectivity index (χ3n) is 3.28. The highest BCUT2D eigenvalue weighted by Gasteiger charge is 2.23. The summed E-state index contributed by atoms with van der Waals surface area (Å²) >= 11 is 12.2. The quantitative estimate of drug-likeness (QED) is 0.913. The molecule has 21 heavy (non-hydrogen) atoms. The molecule has 0 aliphatic heterocycles. The number of amides is 1. The fourth-order valence-corrected chi connectivity index (χ4v) is 2.68. The molecule has 0 fully saturated rings. The van der Waals surface area contributed by atoms with Crippen LogP contribution in [0.15, 0.2) is 48.5 Å². The lowest BCUT2D eigenvalue weighted by atomic mass is 10.0. The van der Waals surface area contributed by atoms with Crippen molar-refractivity contribution < 1.29 is 4.79 Å². The topological polar surface area (TPSA) is 46.3 Å². The van der Waals surface area contributed by atoms with Crippen LogP contribution in [0, 0.1) is 0 Å². The molecular formula is C16H16Cl2N2O. The van der Waals surface area contributed by atoms with Gasteiger partial charge in [0.1, 0.15) is 6.04 Å². The number of likely N-dealkylation sites (N-methyl/N-ethyl adjacent to an activating group) is 1. The van der Waals surface area contributed by atoms with Gasteiger partial charge in [-0.3, -0.25) is 9.69 Å². The monoisotopic (exact) mass is 322 g/mol. The van der Waals surface area contributed by atoms with Gasteiger partial charge in [-0.05, 0) is 24.2 Å². The Bertz CT molecular complexity index is 631. The Balaban J connectivity index is 2.26. The van der Waals surface area contributed by atoms with Crippen molar-refractivity contribution in [3.63, 3.8) is 0 Å². The summed E-state index contributed by atoms with van der Waals surface area (Å²) < 4.78 is 0. The van der Waals surface area contributed by atoms with Gasteiger partial charge in [0.2, 0.25) is 5.91 Å². The Kier molecular flexibility index (Phi) is 5.23. The first kappa shape index (κ1) is 15.8. The van der Waals surface area contributed by atoms with Crippen LogP contribution in [0.4, 0.5) is 0 Å². The molecule has 2 aromatic carbocycles.